The molecule has 0 radical (unpaired) electrons. The topological polar surface area (TPSA) is 160 Å². The second-order valence-corrected chi connectivity index (χ2v) is 9.77. The van der Waals surface area contributed by atoms with Gasteiger partial charge in [0.1, 0.15) is 17.7 Å². The van der Waals surface area contributed by atoms with Gasteiger partial charge >= 0.3 is 11.9 Å². The Bertz CT molecular complexity index is 841. The zero-order chi connectivity index (χ0) is 27.1. The smallest absolute Gasteiger partial charge is 0.323 e. The number of carboxylic acids is 1. The molecule has 1 aromatic rings. The molecular formula is C26H42N4O6. The summed E-state index contributed by atoms with van der Waals surface area (Å²) in [5.41, 5.74) is 5.99. The Labute approximate surface area is 213 Å². The van der Waals surface area contributed by atoms with Crippen LogP contribution in [-0.4, -0.2) is 66.2 Å². The molecule has 0 bridgehead atoms. The maximum Gasteiger partial charge on any atom is 0.323 e. The summed E-state index contributed by atoms with van der Waals surface area (Å²) in [6, 6.07) is 7.00. The van der Waals surface area contributed by atoms with E-state index in [0.29, 0.717) is 32.2 Å². The lowest BCUT2D eigenvalue weighted by molar-refractivity contribution is -0.158. The summed E-state index contributed by atoms with van der Waals surface area (Å²) in [7, 11) is 1.53. The van der Waals surface area contributed by atoms with E-state index in [2.05, 4.69) is 16.0 Å². The number of carbonyl (C=O) groups excluding carboxylic acids is 3. The molecule has 3 atom stereocenters. The number of carbonyl (C=O) groups is 4. The maximum absolute atomic E-state index is 12.8. The number of hydrogen-bond donors (Lipinski definition) is 5. The maximum atomic E-state index is 12.8. The van der Waals surface area contributed by atoms with Crippen molar-refractivity contribution in [1.82, 2.24) is 16.0 Å². The van der Waals surface area contributed by atoms with Gasteiger partial charge in [0.05, 0.1) is 6.04 Å². The van der Waals surface area contributed by atoms with Crippen molar-refractivity contribution in [3.05, 3.63) is 35.9 Å². The average molecular weight is 507 g/mol. The minimum absolute atomic E-state index is 0.0275. The lowest BCUT2D eigenvalue weighted by atomic mass is 10.0. The van der Waals surface area contributed by atoms with Gasteiger partial charge in [-0.1, -0.05) is 30.3 Å². The van der Waals surface area contributed by atoms with E-state index in [0.717, 1.165) is 5.56 Å². The number of ether oxygens (including phenoxy) is 1. The zero-order valence-electron chi connectivity index (χ0n) is 21.8. The molecule has 1 rings (SSSR count). The number of unbranched alkanes of at least 4 members (excludes halogenated alkanes) is 1. The van der Waals surface area contributed by atoms with Gasteiger partial charge < -0.3 is 26.2 Å². The fourth-order valence-electron chi connectivity index (χ4n) is 3.52. The Morgan fingerprint density at radius 1 is 1.00 bits per heavy atom. The van der Waals surface area contributed by atoms with Gasteiger partial charge in [0.25, 0.3) is 0 Å². The van der Waals surface area contributed by atoms with Crippen LogP contribution in [-0.2, 0) is 30.3 Å². The van der Waals surface area contributed by atoms with Crippen LogP contribution in [0.5, 0.6) is 0 Å². The molecule has 2 amide bonds. The summed E-state index contributed by atoms with van der Waals surface area (Å²) in [6.45, 7) is 5.61. The van der Waals surface area contributed by atoms with Gasteiger partial charge in [0.15, 0.2) is 0 Å². The normalized spacial score (nSPS) is 13.8. The van der Waals surface area contributed by atoms with Crippen molar-refractivity contribution >= 4 is 23.8 Å². The van der Waals surface area contributed by atoms with Crippen molar-refractivity contribution in [2.45, 2.75) is 89.4 Å². The first-order valence-electron chi connectivity index (χ1n) is 12.4. The van der Waals surface area contributed by atoms with Crippen LogP contribution < -0.4 is 21.7 Å². The number of amides is 2. The first-order valence-corrected chi connectivity index (χ1v) is 12.4. The minimum atomic E-state index is -1.07. The van der Waals surface area contributed by atoms with Crippen molar-refractivity contribution < 1.29 is 29.0 Å². The zero-order valence-corrected chi connectivity index (χ0v) is 21.8. The highest BCUT2D eigenvalue weighted by Gasteiger charge is 2.30. The van der Waals surface area contributed by atoms with E-state index in [1.165, 1.54) is 7.05 Å². The van der Waals surface area contributed by atoms with Gasteiger partial charge in [-0.25, -0.2) is 0 Å². The van der Waals surface area contributed by atoms with Gasteiger partial charge in [0.2, 0.25) is 11.8 Å². The highest BCUT2D eigenvalue weighted by Crippen LogP contribution is 2.13. The van der Waals surface area contributed by atoms with Gasteiger partial charge in [-0.3, -0.25) is 24.5 Å². The number of benzene rings is 1. The van der Waals surface area contributed by atoms with Gasteiger partial charge in [-0.2, -0.15) is 0 Å². The quantitative estimate of drug-likeness (QED) is 0.167. The molecular weight excluding hydrogens is 464 g/mol. The molecule has 0 aliphatic carbocycles. The van der Waals surface area contributed by atoms with Crippen LogP contribution in [0.4, 0.5) is 0 Å². The van der Waals surface area contributed by atoms with Crippen molar-refractivity contribution in [3.63, 3.8) is 0 Å². The molecule has 10 heteroatoms. The lowest BCUT2D eigenvalue weighted by Crippen LogP contribution is -2.49. The molecule has 202 valence electrons. The first-order chi connectivity index (χ1) is 16.9. The number of nitrogens with two attached hydrogens (primary N) is 1. The number of rotatable bonds is 16. The Hall–Kier alpha value is -2.98. The number of carboxylic acid groups (broad SMARTS) is 1. The van der Waals surface area contributed by atoms with Crippen LogP contribution >= 0.6 is 0 Å². The molecule has 10 nitrogen and oxygen atoms in total. The van der Waals surface area contributed by atoms with E-state index in [4.69, 9.17) is 10.5 Å². The Kier molecular flexibility index (Phi) is 13.7. The third-order valence-corrected chi connectivity index (χ3v) is 5.46. The Morgan fingerprint density at radius 3 is 2.25 bits per heavy atom. The Balaban J connectivity index is 2.63. The van der Waals surface area contributed by atoms with Crippen molar-refractivity contribution in [2.75, 3.05) is 13.6 Å². The molecule has 1 aromatic carbocycles. The van der Waals surface area contributed by atoms with E-state index in [9.17, 15) is 24.3 Å². The number of aliphatic carboxylic acids is 1. The summed E-state index contributed by atoms with van der Waals surface area (Å²) in [5, 5.41) is 17.9. The van der Waals surface area contributed by atoms with Crippen molar-refractivity contribution in [1.29, 1.82) is 0 Å². The van der Waals surface area contributed by atoms with Crippen molar-refractivity contribution in [2.24, 2.45) is 5.73 Å². The molecule has 6 N–H and O–H groups in total. The van der Waals surface area contributed by atoms with Crippen LogP contribution in [0.1, 0.15) is 64.9 Å². The predicted octanol–water partition coefficient (Wildman–Crippen LogP) is 1.51. The fraction of sp³-hybridized carbons (Fsp3) is 0.615. The van der Waals surface area contributed by atoms with Crippen LogP contribution in [0, 0.1) is 0 Å². The number of esters is 1. The molecule has 0 aromatic heterocycles. The molecule has 0 unspecified atom stereocenters. The van der Waals surface area contributed by atoms with Crippen LogP contribution in [0.25, 0.3) is 0 Å². The number of aryl methyl sites for hydroxylation is 1. The average Bonchev–Trinajstić information content (AvgIpc) is 2.81. The summed E-state index contributed by atoms with van der Waals surface area (Å²) in [4.78, 5) is 48.4. The summed E-state index contributed by atoms with van der Waals surface area (Å²) in [5.74, 6) is -2.14. The molecule has 36 heavy (non-hydrogen) atoms. The molecule has 0 aliphatic rings. The predicted molar refractivity (Wildman–Crippen MR) is 137 cm³/mol. The standard InChI is InChI=1S/C26H42N4O6/c1-26(2,3)36-25(35)21(30-20(24(33)34)14-13-18-10-6-5-7-11-18)15-16-22(31)29-17-9-8-12-19(27)23(32)28-4/h5-7,10-11,19-21,30H,8-9,12-17,27H2,1-4H3,(H,28,32)(H,29,31)(H,33,34)/t19-,20-,21+/m0/s1. The monoisotopic (exact) mass is 506 g/mol. The van der Waals surface area contributed by atoms with E-state index in [1.54, 1.807) is 20.8 Å². The lowest BCUT2D eigenvalue weighted by Gasteiger charge is -2.26. The van der Waals surface area contributed by atoms with Crippen molar-refractivity contribution in [3.8, 4) is 0 Å². The molecule has 0 saturated carbocycles. The first kappa shape index (κ1) is 31.1. The van der Waals surface area contributed by atoms with Gasteiger partial charge in [-0.05, 0) is 64.9 Å². The summed E-state index contributed by atoms with van der Waals surface area (Å²) < 4.78 is 5.47. The van der Waals surface area contributed by atoms with E-state index in [1.807, 2.05) is 30.3 Å². The summed E-state index contributed by atoms with van der Waals surface area (Å²) in [6.07, 6.45) is 2.78. The van der Waals surface area contributed by atoms with E-state index >= 15 is 0 Å². The third kappa shape index (κ3) is 13.2. The SMILES string of the molecule is CNC(=O)[C@@H](N)CCCCNC(=O)CC[C@@H](N[C@@H](CCc1ccccc1)C(=O)O)C(=O)OC(C)(C)C. The number of hydrogen-bond acceptors (Lipinski definition) is 7. The number of nitrogens with one attached hydrogen (secondary N) is 3. The fourth-order valence-corrected chi connectivity index (χ4v) is 3.52. The highest BCUT2D eigenvalue weighted by molar-refractivity contribution is 5.81. The molecule has 0 fully saturated rings. The van der Waals surface area contributed by atoms with Crippen LogP contribution in [0.3, 0.4) is 0 Å². The Morgan fingerprint density at radius 2 is 1.67 bits per heavy atom. The minimum Gasteiger partial charge on any atom is -0.480 e. The van der Waals surface area contributed by atoms with Gasteiger partial charge in [0, 0.05) is 20.0 Å². The van der Waals surface area contributed by atoms with Gasteiger partial charge in [-0.15, -0.1) is 0 Å². The second-order valence-electron chi connectivity index (χ2n) is 9.77. The molecule has 0 heterocycles. The number of likely N-dealkylation sites (N-methyl/N-ethyl adjacent to an activating group) is 1. The van der Waals surface area contributed by atoms with Crippen LogP contribution in [0.2, 0.25) is 0 Å². The summed E-state index contributed by atoms with van der Waals surface area (Å²) >= 11 is 0. The highest BCUT2D eigenvalue weighted by atomic mass is 16.6. The largest absolute Gasteiger partial charge is 0.480 e. The van der Waals surface area contributed by atoms with Crippen LogP contribution in [0.15, 0.2) is 30.3 Å². The molecule has 0 aliphatic heterocycles. The molecule has 0 spiro atoms. The van der Waals surface area contributed by atoms with E-state index in [-0.39, 0.29) is 31.1 Å². The third-order valence-electron chi connectivity index (χ3n) is 5.46. The van der Waals surface area contributed by atoms with E-state index < -0.39 is 35.7 Å². The second kappa shape index (κ2) is 15.9. The molecule has 0 saturated heterocycles.